The Bertz CT molecular complexity index is 623. The molecule has 4 nitrogen and oxygen atoms in total. The number of halogens is 2. The number of carbonyl (C=O) groups is 1. The van der Waals surface area contributed by atoms with Gasteiger partial charge in [-0.1, -0.05) is 0 Å². The van der Waals surface area contributed by atoms with E-state index in [9.17, 15) is 13.6 Å². The number of aromatic amines is 1. The molecule has 1 aromatic carbocycles. The van der Waals surface area contributed by atoms with Crippen LogP contribution in [-0.4, -0.2) is 22.5 Å². The zero-order valence-electron chi connectivity index (χ0n) is 10.5. The van der Waals surface area contributed by atoms with Crippen molar-refractivity contribution in [3.05, 3.63) is 41.2 Å². The van der Waals surface area contributed by atoms with Crippen LogP contribution in [0.2, 0.25) is 0 Å². The van der Waals surface area contributed by atoms with Crippen molar-refractivity contribution >= 4 is 5.97 Å². The normalized spacial score (nSPS) is 10.5. The fourth-order valence-electron chi connectivity index (χ4n) is 1.64. The van der Waals surface area contributed by atoms with Crippen LogP contribution in [0.25, 0.3) is 11.4 Å². The van der Waals surface area contributed by atoms with Gasteiger partial charge in [-0.3, -0.25) is 0 Å². The van der Waals surface area contributed by atoms with Gasteiger partial charge in [0.1, 0.15) is 5.82 Å². The number of H-pyrrole nitrogens is 1. The summed E-state index contributed by atoms with van der Waals surface area (Å²) in [6, 6.07) is 3.40. The number of esters is 1. The van der Waals surface area contributed by atoms with E-state index in [2.05, 4.69) is 9.97 Å². The van der Waals surface area contributed by atoms with E-state index in [1.165, 1.54) is 6.07 Å². The van der Waals surface area contributed by atoms with Crippen LogP contribution in [0.3, 0.4) is 0 Å². The molecule has 0 radical (unpaired) electrons. The van der Waals surface area contributed by atoms with E-state index < -0.39 is 17.6 Å². The molecule has 0 saturated heterocycles. The van der Waals surface area contributed by atoms with Crippen molar-refractivity contribution in [1.29, 1.82) is 0 Å². The summed E-state index contributed by atoms with van der Waals surface area (Å²) in [6.45, 7) is 3.59. The van der Waals surface area contributed by atoms with Gasteiger partial charge < -0.3 is 9.72 Å². The molecule has 0 aliphatic rings. The summed E-state index contributed by atoms with van der Waals surface area (Å²) in [7, 11) is 0. The highest BCUT2D eigenvalue weighted by Crippen LogP contribution is 2.20. The summed E-state index contributed by atoms with van der Waals surface area (Å²) in [5, 5.41) is 0. The Morgan fingerprint density at radius 1 is 1.37 bits per heavy atom. The van der Waals surface area contributed by atoms with E-state index >= 15 is 0 Å². The number of aryl methyl sites for hydroxylation is 1. The molecule has 100 valence electrons. The largest absolute Gasteiger partial charge is 0.461 e. The molecule has 0 saturated carbocycles. The number of imidazole rings is 1. The predicted octanol–water partition coefficient (Wildman–Crippen LogP) is 2.84. The Morgan fingerprint density at radius 2 is 2.11 bits per heavy atom. The number of benzene rings is 1. The second-order valence-corrected chi connectivity index (χ2v) is 3.91. The van der Waals surface area contributed by atoms with Crippen LogP contribution >= 0.6 is 0 Å². The average Bonchev–Trinajstić information content (AvgIpc) is 2.75. The lowest BCUT2D eigenvalue weighted by atomic mass is 10.2. The van der Waals surface area contributed by atoms with Crippen molar-refractivity contribution in [3.8, 4) is 11.4 Å². The number of nitrogens with zero attached hydrogens (tertiary/aromatic N) is 1. The predicted molar refractivity (Wildman–Crippen MR) is 64.6 cm³/mol. The van der Waals surface area contributed by atoms with Gasteiger partial charge in [0.25, 0.3) is 0 Å². The first kappa shape index (κ1) is 13.2. The maximum absolute atomic E-state index is 13.1. The fourth-order valence-corrected chi connectivity index (χ4v) is 1.64. The van der Waals surface area contributed by atoms with Gasteiger partial charge >= 0.3 is 5.97 Å². The molecule has 0 fully saturated rings. The number of rotatable bonds is 3. The Balaban J connectivity index is 2.38. The molecule has 1 N–H and O–H groups in total. The van der Waals surface area contributed by atoms with Crippen molar-refractivity contribution < 1.29 is 18.3 Å². The maximum atomic E-state index is 13.1. The molecule has 0 aliphatic carbocycles. The number of carbonyl (C=O) groups excluding carboxylic acids is 1. The summed E-state index contributed by atoms with van der Waals surface area (Å²) < 4.78 is 30.8. The molecule has 0 unspecified atom stereocenters. The monoisotopic (exact) mass is 266 g/mol. The third-order valence-corrected chi connectivity index (χ3v) is 2.55. The van der Waals surface area contributed by atoms with Crippen molar-refractivity contribution in [2.75, 3.05) is 6.61 Å². The molecule has 0 bridgehead atoms. The van der Waals surface area contributed by atoms with Gasteiger partial charge in [-0.2, -0.15) is 0 Å². The number of ether oxygens (including phenoxy) is 1. The topological polar surface area (TPSA) is 55.0 Å². The van der Waals surface area contributed by atoms with Crippen LogP contribution in [0, 0.1) is 18.6 Å². The minimum Gasteiger partial charge on any atom is -0.461 e. The zero-order chi connectivity index (χ0) is 14.0. The number of hydrogen-bond acceptors (Lipinski definition) is 3. The summed E-state index contributed by atoms with van der Waals surface area (Å²) in [5.41, 5.74) is 1.01. The van der Waals surface area contributed by atoms with Crippen LogP contribution < -0.4 is 0 Å². The molecule has 0 spiro atoms. The molecule has 0 atom stereocenters. The Kier molecular flexibility index (Phi) is 3.59. The summed E-state index contributed by atoms with van der Waals surface area (Å²) in [6.07, 6.45) is 0. The van der Waals surface area contributed by atoms with Gasteiger partial charge in [0.2, 0.25) is 0 Å². The Labute approximate surface area is 108 Å². The second-order valence-electron chi connectivity index (χ2n) is 3.91. The first-order valence-corrected chi connectivity index (χ1v) is 5.72. The Morgan fingerprint density at radius 3 is 2.74 bits per heavy atom. The third kappa shape index (κ3) is 2.62. The van der Waals surface area contributed by atoms with E-state index in [0.717, 1.165) is 12.1 Å². The van der Waals surface area contributed by atoms with Gasteiger partial charge in [0.05, 0.1) is 6.61 Å². The minimum atomic E-state index is -0.968. The summed E-state index contributed by atoms with van der Waals surface area (Å²) in [4.78, 5) is 18.5. The van der Waals surface area contributed by atoms with Gasteiger partial charge in [0.15, 0.2) is 17.3 Å². The first-order valence-electron chi connectivity index (χ1n) is 5.72. The van der Waals surface area contributed by atoms with Gasteiger partial charge in [-0.05, 0) is 32.0 Å². The van der Waals surface area contributed by atoms with Gasteiger partial charge in [-0.15, -0.1) is 0 Å². The first-order chi connectivity index (χ1) is 9.02. The highest BCUT2D eigenvalue weighted by molar-refractivity contribution is 5.89. The van der Waals surface area contributed by atoms with E-state index in [4.69, 9.17) is 4.74 Å². The lowest BCUT2D eigenvalue weighted by molar-refractivity contribution is 0.0519. The van der Waals surface area contributed by atoms with Gasteiger partial charge in [-0.25, -0.2) is 18.6 Å². The van der Waals surface area contributed by atoms with Crippen LogP contribution in [0.15, 0.2) is 18.2 Å². The highest BCUT2D eigenvalue weighted by atomic mass is 19.2. The number of nitrogens with one attached hydrogen (secondary N) is 1. The molecule has 19 heavy (non-hydrogen) atoms. The highest BCUT2D eigenvalue weighted by Gasteiger charge is 2.17. The van der Waals surface area contributed by atoms with Crippen molar-refractivity contribution in [3.63, 3.8) is 0 Å². The SMILES string of the molecule is CCOC(=O)c1nc(-c2ccc(F)c(F)c2)[nH]c1C. The lowest BCUT2D eigenvalue weighted by Crippen LogP contribution is -2.06. The second kappa shape index (κ2) is 5.17. The van der Waals surface area contributed by atoms with Gasteiger partial charge in [0, 0.05) is 11.3 Å². The van der Waals surface area contributed by atoms with E-state index in [1.807, 2.05) is 0 Å². The molecule has 0 aliphatic heterocycles. The van der Waals surface area contributed by atoms with Crippen molar-refractivity contribution in [1.82, 2.24) is 9.97 Å². The molecule has 2 aromatic rings. The van der Waals surface area contributed by atoms with E-state index in [0.29, 0.717) is 17.1 Å². The summed E-state index contributed by atoms with van der Waals surface area (Å²) >= 11 is 0. The Hall–Kier alpha value is -2.24. The zero-order valence-corrected chi connectivity index (χ0v) is 10.5. The lowest BCUT2D eigenvalue weighted by Gasteiger charge is -1.98. The standard InChI is InChI=1S/C13H12F2N2O2/c1-3-19-13(18)11-7(2)16-12(17-11)8-4-5-9(14)10(15)6-8/h4-6H,3H2,1-2H3,(H,16,17). The van der Waals surface area contributed by atoms with Crippen molar-refractivity contribution in [2.45, 2.75) is 13.8 Å². The molecule has 1 aromatic heterocycles. The van der Waals surface area contributed by atoms with Crippen molar-refractivity contribution in [2.24, 2.45) is 0 Å². The molecule has 6 heteroatoms. The van der Waals surface area contributed by atoms with E-state index in [1.54, 1.807) is 13.8 Å². The molecular formula is C13H12F2N2O2. The molecular weight excluding hydrogens is 254 g/mol. The molecule has 0 amide bonds. The quantitative estimate of drug-likeness (QED) is 0.869. The third-order valence-electron chi connectivity index (χ3n) is 2.55. The number of hydrogen-bond donors (Lipinski definition) is 1. The number of aromatic nitrogens is 2. The average molecular weight is 266 g/mol. The molecule has 1 heterocycles. The minimum absolute atomic E-state index is 0.140. The van der Waals surface area contributed by atoms with Crippen LogP contribution in [0.5, 0.6) is 0 Å². The maximum Gasteiger partial charge on any atom is 0.358 e. The van der Waals surface area contributed by atoms with Crippen LogP contribution in [0.1, 0.15) is 23.1 Å². The van der Waals surface area contributed by atoms with Crippen LogP contribution in [0.4, 0.5) is 8.78 Å². The summed E-state index contributed by atoms with van der Waals surface area (Å²) in [5.74, 6) is -2.16. The fraction of sp³-hybridized carbons (Fsp3) is 0.231. The molecule has 2 rings (SSSR count). The van der Waals surface area contributed by atoms with E-state index in [-0.39, 0.29) is 12.3 Å². The smallest absolute Gasteiger partial charge is 0.358 e. The van der Waals surface area contributed by atoms with Crippen LogP contribution in [-0.2, 0) is 4.74 Å².